The summed E-state index contributed by atoms with van der Waals surface area (Å²) in [6.07, 6.45) is 11.2. The van der Waals surface area contributed by atoms with Crippen molar-refractivity contribution in [2.45, 2.75) is 106 Å². The quantitative estimate of drug-likeness (QED) is 0.353. The number of para-hydroxylation sites is 2. The van der Waals surface area contributed by atoms with Gasteiger partial charge >= 0.3 is 6.03 Å². The third-order valence-electron chi connectivity index (χ3n) is 11.9. The second-order valence-electron chi connectivity index (χ2n) is 15.8. The molecule has 5 fully saturated rings. The Bertz CT molecular complexity index is 2000. The van der Waals surface area contributed by atoms with Gasteiger partial charge in [-0.15, -0.1) is 6.58 Å². The number of hydrogen-bond acceptors (Lipinski definition) is 10. The highest BCUT2D eigenvalue weighted by molar-refractivity contribution is 7.91. The number of amides is 5. The molecule has 0 spiro atoms. The first-order valence-corrected chi connectivity index (χ1v) is 21.2. The largest absolute Gasteiger partial charge is 0.471 e. The molecule has 8 rings (SSSR count). The number of nitrogens with one attached hydrogen (secondary N) is 3. The Labute approximate surface area is 320 Å². The number of aromatic nitrogens is 2. The highest BCUT2D eigenvalue weighted by Gasteiger charge is 2.62. The highest BCUT2D eigenvalue weighted by Crippen LogP contribution is 2.45. The fourth-order valence-corrected chi connectivity index (χ4v) is 9.88. The molecule has 294 valence electrons. The van der Waals surface area contributed by atoms with E-state index in [-0.39, 0.29) is 43.3 Å². The zero-order valence-electron chi connectivity index (χ0n) is 30.9. The van der Waals surface area contributed by atoms with E-state index >= 15 is 0 Å². The van der Waals surface area contributed by atoms with Gasteiger partial charge in [-0.1, -0.05) is 37.1 Å². The maximum Gasteiger partial charge on any atom is 0.318 e. The van der Waals surface area contributed by atoms with Crippen molar-refractivity contribution in [3.05, 3.63) is 48.7 Å². The van der Waals surface area contributed by atoms with Gasteiger partial charge in [-0.2, -0.15) is 0 Å². The van der Waals surface area contributed by atoms with E-state index in [1.807, 2.05) is 36.4 Å². The van der Waals surface area contributed by atoms with E-state index < -0.39 is 62.6 Å². The van der Waals surface area contributed by atoms with Crippen LogP contribution in [0.15, 0.2) is 43.0 Å². The topological polar surface area (TPSA) is 189 Å². The molecule has 2 aromatic rings. The molecule has 1 aromatic heterocycles. The fraction of sp³-hybridized carbons (Fsp3) is 0.590. The van der Waals surface area contributed by atoms with Crippen molar-refractivity contribution in [3.63, 3.8) is 0 Å². The Balaban J connectivity index is 1.12. The molecule has 55 heavy (non-hydrogen) atoms. The first kappa shape index (κ1) is 37.4. The zero-order valence-corrected chi connectivity index (χ0v) is 31.7. The normalized spacial score (nSPS) is 31.0. The second kappa shape index (κ2) is 15.2. The summed E-state index contributed by atoms with van der Waals surface area (Å²) in [4.78, 5) is 69.4. The van der Waals surface area contributed by atoms with E-state index in [1.165, 1.54) is 11.0 Å². The molecule has 0 unspecified atom stereocenters. The number of hydrogen-bond donors (Lipinski definition) is 3. The monoisotopic (exact) mass is 775 g/mol. The van der Waals surface area contributed by atoms with Crippen molar-refractivity contribution in [2.75, 3.05) is 26.2 Å². The molecule has 0 radical (unpaired) electrons. The molecule has 5 amide bonds. The first-order chi connectivity index (χ1) is 26.5. The third kappa shape index (κ3) is 7.80. The Morgan fingerprint density at radius 1 is 1.00 bits per heavy atom. The molecule has 4 bridgehead atoms. The van der Waals surface area contributed by atoms with E-state index in [4.69, 9.17) is 19.4 Å². The predicted octanol–water partition coefficient (Wildman–Crippen LogP) is 2.81. The summed E-state index contributed by atoms with van der Waals surface area (Å²) in [6, 6.07) is 5.10. The predicted molar refractivity (Wildman–Crippen MR) is 202 cm³/mol. The highest BCUT2D eigenvalue weighted by atomic mass is 32.2. The third-order valence-corrected chi connectivity index (χ3v) is 13.8. The maximum atomic E-state index is 14.8. The number of fused-ring (bicyclic) bond motifs is 6. The van der Waals surface area contributed by atoms with Gasteiger partial charge in [0.2, 0.25) is 27.7 Å². The number of benzene rings is 1. The molecule has 4 heterocycles. The Morgan fingerprint density at radius 3 is 2.49 bits per heavy atom. The van der Waals surface area contributed by atoms with Crippen LogP contribution >= 0.6 is 0 Å². The number of carbonyl (C=O) groups excluding carboxylic acids is 4. The van der Waals surface area contributed by atoms with Crippen LogP contribution in [0.25, 0.3) is 17.1 Å². The lowest BCUT2D eigenvalue weighted by atomic mass is 9.96. The molecule has 1 aromatic carbocycles. The number of ether oxygens (including phenoxy) is 2. The van der Waals surface area contributed by atoms with Gasteiger partial charge in [-0.05, 0) is 75.5 Å². The van der Waals surface area contributed by atoms with E-state index in [1.54, 1.807) is 4.90 Å². The molecule has 3 aliphatic heterocycles. The molecule has 15 nitrogen and oxygen atoms in total. The first-order valence-electron chi connectivity index (χ1n) is 19.6. The van der Waals surface area contributed by atoms with Gasteiger partial charge in [0.15, 0.2) is 0 Å². The number of allylic oxidation sites excluding steroid dienone is 1. The van der Waals surface area contributed by atoms with Gasteiger partial charge in [0, 0.05) is 32.0 Å². The number of rotatable bonds is 7. The second-order valence-corrected chi connectivity index (χ2v) is 17.8. The van der Waals surface area contributed by atoms with Crippen LogP contribution in [0.2, 0.25) is 0 Å². The number of nitrogens with zero attached hydrogens (tertiary/aromatic N) is 4. The van der Waals surface area contributed by atoms with Crippen molar-refractivity contribution >= 4 is 50.9 Å². The van der Waals surface area contributed by atoms with Gasteiger partial charge in [-0.3, -0.25) is 19.1 Å². The van der Waals surface area contributed by atoms with Crippen LogP contribution in [0, 0.1) is 11.8 Å². The van der Waals surface area contributed by atoms with Crippen molar-refractivity contribution in [1.29, 1.82) is 0 Å². The maximum absolute atomic E-state index is 14.8. The van der Waals surface area contributed by atoms with Crippen LogP contribution in [-0.4, -0.2) is 113 Å². The van der Waals surface area contributed by atoms with Gasteiger partial charge < -0.3 is 29.9 Å². The van der Waals surface area contributed by atoms with E-state index in [9.17, 15) is 27.6 Å². The lowest BCUT2D eigenvalue weighted by Crippen LogP contribution is -2.59. The molecule has 16 heteroatoms. The van der Waals surface area contributed by atoms with Crippen LogP contribution in [0.4, 0.5) is 4.79 Å². The van der Waals surface area contributed by atoms with Crippen molar-refractivity contribution in [2.24, 2.45) is 11.8 Å². The average Bonchev–Trinajstić information content (AvgIpc) is 3.94. The minimum absolute atomic E-state index is 0.00738. The zero-order chi connectivity index (χ0) is 38.3. The minimum atomic E-state index is -3.89. The van der Waals surface area contributed by atoms with Gasteiger partial charge in [0.25, 0.3) is 5.91 Å². The van der Waals surface area contributed by atoms with Crippen LogP contribution in [0.1, 0.15) is 76.3 Å². The summed E-state index contributed by atoms with van der Waals surface area (Å²) >= 11 is 0. The molecular formula is C39H49N7O8S. The average molecular weight is 776 g/mol. The summed E-state index contributed by atoms with van der Waals surface area (Å²) in [5.74, 6) is -2.23. The molecule has 3 aliphatic carbocycles. The SMILES string of the molecule is C=C[C@@H]1C[C@]1(NC(=O)[C@@H]1C[C@@H]2CN1C(=O)[C@H](C1CCCC1)NC(=O)N1CC[C@@H](C1)OCCC/C=C/c1nc3ccccc3nc1O2)C(=O)NS(=O)(=O)C1CC1. The van der Waals surface area contributed by atoms with Gasteiger partial charge in [0.1, 0.15) is 29.4 Å². The smallest absolute Gasteiger partial charge is 0.318 e. The summed E-state index contributed by atoms with van der Waals surface area (Å²) < 4.78 is 40.4. The van der Waals surface area contributed by atoms with Crippen molar-refractivity contribution in [1.82, 2.24) is 35.1 Å². The van der Waals surface area contributed by atoms with E-state index in [0.717, 1.165) is 32.1 Å². The summed E-state index contributed by atoms with van der Waals surface area (Å²) in [5.41, 5.74) is 0.277. The van der Waals surface area contributed by atoms with Crippen LogP contribution in [0.3, 0.4) is 0 Å². The molecule has 6 aliphatic rings. The molecule has 2 saturated heterocycles. The van der Waals surface area contributed by atoms with E-state index in [2.05, 4.69) is 21.9 Å². The Hall–Kier alpha value is -4.57. The van der Waals surface area contributed by atoms with Crippen molar-refractivity contribution < 1.29 is 37.1 Å². The van der Waals surface area contributed by atoms with Crippen LogP contribution in [-0.2, 0) is 29.1 Å². The number of sulfonamides is 1. The number of urea groups is 1. The lowest BCUT2D eigenvalue weighted by Gasteiger charge is -2.33. The Morgan fingerprint density at radius 2 is 1.76 bits per heavy atom. The number of carbonyl (C=O) groups is 4. The van der Waals surface area contributed by atoms with Crippen LogP contribution < -0.4 is 20.1 Å². The summed E-state index contributed by atoms with van der Waals surface area (Å²) in [5, 5.41) is 5.28. The van der Waals surface area contributed by atoms with E-state index in [0.29, 0.717) is 62.1 Å². The molecular weight excluding hydrogens is 727 g/mol. The van der Waals surface area contributed by atoms with Crippen molar-refractivity contribution in [3.8, 4) is 5.88 Å². The van der Waals surface area contributed by atoms with Crippen LogP contribution in [0.5, 0.6) is 5.88 Å². The van der Waals surface area contributed by atoms with Gasteiger partial charge in [0.05, 0.1) is 28.9 Å². The lowest BCUT2D eigenvalue weighted by molar-refractivity contribution is -0.142. The molecule has 3 saturated carbocycles. The summed E-state index contributed by atoms with van der Waals surface area (Å²) in [7, 11) is -3.89. The standard InChI is InChI=1S/C39H49N7O8S/c1-2-25-21-39(25,37(49)44-55(51,52)28-15-16-28)43-34(47)32-20-27-23-46(32)36(48)33(24-10-5-6-11-24)42-38(50)45-18-17-26(22-45)53-19-9-3-4-14-31-35(54-27)41-30-13-8-7-12-29(30)40-31/h2,4,7-8,12-14,24-28,32-33H,1,3,5-6,9-11,15-23H2,(H,42,50)(H,43,47)(H,44,49)/b14-4+/t25-,26+,27-,32+,33+,39-/m1/s1. The van der Waals surface area contributed by atoms with Gasteiger partial charge in [-0.25, -0.2) is 23.2 Å². The summed E-state index contributed by atoms with van der Waals surface area (Å²) in [6.45, 7) is 5.27. The minimum Gasteiger partial charge on any atom is -0.471 e. The Kier molecular flexibility index (Phi) is 10.3. The fourth-order valence-electron chi connectivity index (χ4n) is 8.51. The molecule has 6 atom stereocenters. The molecule has 3 N–H and O–H groups in total.